The molecule has 3 aromatic rings. The lowest BCUT2D eigenvalue weighted by molar-refractivity contribution is 0.297. The Morgan fingerprint density at radius 3 is 3.00 bits per heavy atom. The molecule has 0 aromatic carbocycles. The Kier molecular flexibility index (Phi) is 3.18. The van der Waals surface area contributed by atoms with E-state index < -0.39 is 5.82 Å². The summed E-state index contributed by atoms with van der Waals surface area (Å²) in [5.74, 6) is 0.147. The molecule has 3 aromatic heterocycles. The van der Waals surface area contributed by atoms with Crippen molar-refractivity contribution in [2.75, 3.05) is 5.73 Å². The van der Waals surface area contributed by atoms with Gasteiger partial charge >= 0.3 is 0 Å². The molecule has 3 heterocycles. The highest BCUT2D eigenvalue weighted by Crippen LogP contribution is 2.24. The van der Waals surface area contributed by atoms with Crippen molar-refractivity contribution in [2.24, 2.45) is 0 Å². The predicted molar refractivity (Wildman–Crippen MR) is 72.3 cm³/mol. The number of pyridine rings is 2. The minimum atomic E-state index is -0.460. The van der Waals surface area contributed by atoms with E-state index in [0.717, 1.165) is 0 Å². The molecule has 0 unspecified atom stereocenters. The number of aromatic nitrogens is 5. The molecule has 0 aliphatic carbocycles. The molecule has 0 saturated carbocycles. The first-order valence-corrected chi connectivity index (χ1v) is 6.32. The van der Waals surface area contributed by atoms with E-state index in [2.05, 4.69) is 41.3 Å². The molecule has 3 N–H and O–H groups in total. The number of nitrogens with one attached hydrogen (secondary N) is 1. The van der Waals surface area contributed by atoms with Crippen LogP contribution in [0.3, 0.4) is 0 Å². The lowest BCUT2D eigenvalue weighted by Gasteiger charge is -2.07. The third-order valence-corrected chi connectivity index (χ3v) is 2.96. The van der Waals surface area contributed by atoms with Gasteiger partial charge in [0.05, 0.1) is 0 Å². The summed E-state index contributed by atoms with van der Waals surface area (Å²) in [5.41, 5.74) is 6.58. The summed E-state index contributed by atoms with van der Waals surface area (Å²) in [7, 11) is 0. The SMILES string of the molecule is Nc1cc(OCc2ncc(Br)cc2F)c2n[nH]nc2n1. The largest absolute Gasteiger partial charge is 0.485 e. The summed E-state index contributed by atoms with van der Waals surface area (Å²) in [6.07, 6.45) is 1.49. The second kappa shape index (κ2) is 5.00. The molecule has 0 spiro atoms. The molecule has 0 fully saturated rings. The summed E-state index contributed by atoms with van der Waals surface area (Å²) in [5, 5.41) is 10.2. The maximum atomic E-state index is 13.6. The van der Waals surface area contributed by atoms with Crippen LogP contribution in [-0.4, -0.2) is 25.4 Å². The van der Waals surface area contributed by atoms with E-state index in [1.807, 2.05) is 0 Å². The van der Waals surface area contributed by atoms with Crippen molar-refractivity contribution in [3.05, 3.63) is 34.3 Å². The molecule has 20 heavy (non-hydrogen) atoms. The Morgan fingerprint density at radius 1 is 1.35 bits per heavy atom. The second-order valence-electron chi connectivity index (χ2n) is 3.91. The fourth-order valence-corrected chi connectivity index (χ4v) is 1.93. The number of hydrogen-bond acceptors (Lipinski definition) is 6. The number of anilines is 1. The van der Waals surface area contributed by atoms with Crippen molar-refractivity contribution < 1.29 is 9.13 Å². The molecule has 0 atom stereocenters. The molecule has 0 aliphatic heterocycles. The van der Waals surface area contributed by atoms with Crippen molar-refractivity contribution in [3.8, 4) is 5.75 Å². The number of nitrogens with two attached hydrogens (primary N) is 1. The van der Waals surface area contributed by atoms with Crippen LogP contribution in [0.15, 0.2) is 22.8 Å². The van der Waals surface area contributed by atoms with Crippen LogP contribution in [0.4, 0.5) is 10.2 Å². The van der Waals surface area contributed by atoms with Gasteiger partial charge in [0.25, 0.3) is 0 Å². The molecule has 0 amide bonds. The van der Waals surface area contributed by atoms with E-state index in [0.29, 0.717) is 21.4 Å². The van der Waals surface area contributed by atoms with Crippen LogP contribution in [0.2, 0.25) is 0 Å². The molecule has 0 bridgehead atoms. The summed E-state index contributed by atoms with van der Waals surface area (Å²) < 4.78 is 19.7. The summed E-state index contributed by atoms with van der Waals surface area (Å²) in [6, 6.07) is 2.82. The number of hydrogen-bond donors (Lipinski definition) is 2. The summed E-state index contributed by atoms with van der Waals surface area (Å²) in [6.45, 7) is -0.0511. The molecule has 7 nitrogen and oxygen atoms in total. The van der Waals surface area contributed by atoms with E-state index in [4.69, 9.17) is 10.5 Å². The Labute approximate surface area is 120 Å². The van der Waals surface area contributed by atoms with Crippen molar-refractivity contribution in [1.29, 1.82) is 0 Å². The molecule has 0 radical (unpaired) electrons. The molecule has 0 saturated heterocycles. The van der Waals surface area contributed by atoms with Gasteiger partial charge in [-0.2, -0.15) is 10.3 Å². The predicted octanol–water partition coefficient (Wildman–Crippen LogP) is 1.81. The standard InChI is InChI=1S/C11H8BrFN6O/c12-5-1-6(13)7(15-3-5)4-20-8-2-9(14)16-11-10(8)17-19-18-11/h1-3H,4H2,(H3,14,16,17,18,19). The number of nitrogens with zero attached hydrogens (tertiary/aromatic N) is 4. The topological polar surface area (TPSA) is 103 Å². The zero-order chi connectivity index (χ0) is 14.1. The zero-order valence-electron chi connectivity index (χ0n) is 9.97. The highest BCUT2D eigenvalue weighted by molar-refractivity contribution is 9.10. The molecular weight excluding hydrogens is 331 g/mol. The van der Waals surface area contributed by atoms with Crippen molar-refractivity contribution in [2.45, 2.75) is 6.61 Å². The fraction of sp³-hybridized carbons (Fsp3) is 0.0909. The number of H-pyrrole nitrogens is 1. The van der Waals surface area contributed by atoms with Crippen molar-refractivity contribution in [3.63, 3.8) is 0 Å². The van der Waals surface area contributed by atoms with Gasteiger partial charge < -0.3 is 10.5 Å². The van der Waals surface area contributed by atoms with Gasteiger partial charge in [-0.05, 0) is 22.0 Å². The lowest BCUT2D eigenvalue weighted by atomic mass is 10.3. The third-order valence-electron chi connectivity index (χ3n) is 2.53. The van der Waals surface area contributed by atoms with Crippen molar-refractivity contribution >= 4 is 32.9 Å². The van der Waals surface area contributed by atoms with Gasteiger partial charge in [0.15, 0.2) is 11.3 Å². The normalized spacial score (nSPS) is 10.9. The number of rotatable bonds is 3. The van der Waals surface area contributed by atoms with E-state index in [9.17, 15) is 4.39 Å². The first-order chi connectivity index (χ1) is 9.63. The number of fused-ring (bicyclic) bond motifs is 1. The Hall–Kier alpha value is -2.29. The molecule has 9 heteroatoms. The highest BCUT2D eigenvalue weighted by Gasteiger charge is 2.11. The Balaban J connectivity index is 1.88. The molecular formula is C11H8BrFN6O. The smallest absolute Gasteiger partial charge is 0.207 e. The van der Waals surface area contributed by atoms with Gasteiger partial charge in [-0.1, -0.05) is 0 Å². The van der Waals surface area contributed by atoms with E-state index >= 15 is 0 Å². The minimum absolute atomic E-state index is 0.0511. The van der Waals surface area contributed by atoms with Gasteiger partial charge in [-0.3, -0.25) is 4.98 Å². The zero-order valence-corrected chi connectivity index (χ0v) is 11.6. The maximum absolute atomic E-state index is 13.6. The van der Waals surface area contributed by atoms with E-state index in [1.54, 1.807) is 0 Å². The van der Waals surface area contributed by atoms with E-state index in [-0.39, 0.29) is 18.1 Å². The maximum Gasteiger partial charge on any atom is 0.207 e. The van der Waals surface area contributed by atoms with Crippen LogP contribution >= 0.6 is 15.9 Å². The molecule has 0 aliphatic rings. The number of aromatic amines is 1. The van der Waals surface area contributed by atoms with Gasteiger partial charge in [0.1, 0.15) is 23.9 Å². The van der Waals surface area contributed by atoms with Gasteiger partial charge in [0, 0.05) is 16.7 Å². The Morgan fingerprint density at radius 2 is 2.20 bits per heavy atom. The second-order valence-corrected chi connectivity index (χ2v) is 4.83. The van der Waals surface area contributed by atoms with Gasteiger partial charge in [-0.15, -0.1) is 5.10 Å². The van der Waals surface area contributed by atoms with Crippen molar-refractivity contribution in [1.82, 2.24) is 25.4 Å². The van der Waals surface area contributed by atoms with Gasteiger partial charge in [0.2, 0.25) is 5.65 Å². The lowest BCUT2D eigenvalue weighted by Crippen LogP contribution is -2.03. The highest BCUT2D eigenvalue weighted by atomic mass is 79.9. The number of halogens is 2. The van der Waals surface area contributed by atoms with Crippen LogP contribution in [0, 0.1) is 5.82 Å². The minimum Gasteiger partial charge on any atom is -0.485 e. The average molecular weight is 339 g/mol. The monoisotopic (exact) mass is 338 g/mol. The third kappa shape index (κ3) is 2.39. The first kappa shape index (κ1) is 12.7. The number of ether oxygens (including phenoxy) is 1. The van der Waals surface area contributed by atoms with Crippen LogP contribution in [0.5, 0.6) is 5.75 Å². The van der Waals surface area contributed by atoms with Crippen LogP contribution in [0.1, 0.15) is 5.69 Å². The average Bonchev–Trinajstić information content (AvgIpc) is 2.85. The number of nitrogen functional groups attached to an aromatic ring is 1. The van der Waals surface area contributed by atoms with Gasteiger partial charge in [-0.25, -0.2) is 9.37 Å². The van der Waals surface area contributed by atoms with Crippen LogP contribution < -0.4 is 10.5 Å². The molecule has 102 valence electrons. The van der Waals surface area contributed by atoms with E-state index in [1.165, 1.54) is 18.3 Å². The Bertz CT molecular complexity index is 777. The first-order valence-electron chi connectivity index (χ1n) is 5.53. The summed E-state index contributed by atoms with van der Waals surface area (Å²) >= 11 is 3.14. The van der Waals surface area contributed by atoms with Crippen LogP contribution in [0.25, 0.3) is 11.2 Å². The molecule has 3 rings (SSSR count). The fourth-order valence-electron chi connectivity index (χ4n) is 1.63. The summed E-state index contributed by atoms with van der Waals surface area (Å²) in [4.78, 5) is 7.92. The van der Waals surface area contributed by atoms with Crippen LogP contribution in [-0.2, 0) is 6.61 Å². The quantitative estimate of drug-likeness (QED) is 0.754.